The molecule has 15 nitrogen and oxygen atoms in total. The van der Waals surface area contributed by atoms with Crippen LogP contribution in [0.1, 0.15) is 46.7 Å². The van der Waals surface area contributed by atoms with Gasteiger partial charge in [-0.3, -0.25) is 28.8 Å². The first-order valence-corrected chi connectivity index (χ1v) is 20.4. The maximum Gasteiger partial charge on any atom is 0.332 e. The smallest absolute Gasteiger partial charge is 0.332 e. The van der Waals surface area contributed by atoms with E-state index in [2.05, 4.69) is 45.2 Å². The summed E-state index contributed by atoms with van der Waals surface area (Å²) in [4.78, 5) is 75.7. The van der Waals surface area contributed by atoms with Crippen molar-refractivity contribution in [1.82, 2.24) is 34.3 Å². The van der Waals surface area contributed by atoms with Gasteiger partial charge in [-0.2, -0.15) is 0 Å². The molecule has 2 atom stereocenters. The summed E-state index contributed by atoms with van der Waals surface area (Å²) in [5.74, 6) is 2.02. The third kappa shape index (κ3) is 8.57. The van der Waals surface area contributed by atoms with Gasteiger partial charge in [-0.05, 0) is 75.5 Å². The van der Waals surface area contributed by atoms with Crippen molar-refractivity contribution in [3.05, 3.63) is 109 Å². The molecule has 4 fully saturated rings. The third-order valence-electron chi connectivity index (χ3n) is 10.9. The van der Waals surface area contributed by atoms with Crippen molar-refractivity contribution in [2.45, 2.75) is 51.6 Å². The average molecular weight is 810 g/mol. The Morgan fingerprint density at radius 3 is 2.46 bits per heavy atom. The van der Waals surface area contributed by atoms with E-state index in [0.717, 1.165) is 82.1 Å². The summed E-state index contributed by atoms with van der Waals surface area (Å²) in [6.45, 7) is 9.49. The number of thiazole rings is 1. The fraction of sp³-hybridized carbons (Fsp3) is 0.375. The van der Waals surface area contributed by atoms with Crippen molar-refractivity contribution in [3.8, 4) is 5.69 Å². The van der Waals surface area contributed by atoms with Crippen LogP contribution >= 0.6 is 22.9 Å². The minimum absolute atomic E-state index is 0.184. The molecule has 4 aliphatic heterocycles. The Labute approximate surface area is 338 Å². The third-order valence-corrected chi connectivity index (χ3v) is 12.2. The number of para-hydroxylation sites is 1. The molecule has 2 bridgehead atoms. The molecule has 9 rings (SSSR count). The Morgan fingerprint density at radius 2 is 1.72 bits per heavy atom. The van der Waals surface area contributed by atoms with Crippen LogP contribution in [0.4, 0.5) is 28.1 Å². The van der Waals surface area contributed by atoms with Gasteiger partial charge in [-0.1, -0.05) is 35.1 Å². The van der Waals surface area contributed by atoms with Gasteiger partial charge >= 0.3 is 5.69 Å². The highest BCUT2D eigenvalue weighted by Gasteiger charge is 2.41. The normalized spacial score (nSPS) is 18.2. The Kier molecular flexibility index (Phi) is 11.1. The van der Waals surface area contributed by atoms with Crippen LogP contribution < -0.4 is 31.7 Å². The Morgan fingerprint density at radius 1 is 0.947 bits per heavy atom. The zero-order valence-corrected chi connectivity index (χ0v) is 33.4. The fourth-order valence-corrected chi connectivity index (χ4v) is 8.95. The Hall–Kier alpha value is -5.58. The average Bonchev–Trinajstić information content (AvgIpc) is 3.68. The van der Waals surface area contributed by atoms with E-state index in [4.69, 9.17) is 16.6 Å². The number of rotatable bonds is 11. The van der Waals surface area contributed by atoms with E-state index in [9.17, 15) is 19.2 Å². The van der Waals surface area contributed by atoms with Gasteiger partial charge in [-0.25, -0.2) is 19.7 Å². The van der Waals surface area contributed by atoms with Gasteiger partial charge < -0.3 is 25.3 Å². The number of hydrogen-bond donors (Lipinski definition) is 3. The van der Waals surface area contributed by atoms with Crippen LogP contribution in [0.15, 0.2) is 76.6 Å². The van der Waals surface area contributed by atoms with Gasteiger partial charge in [0, 0.05) is 81.8 Å². The van der Waals surface area contributed by atoms with Crippen molar-refractivity contribution >= 4 is 62.9 Å². The number of piperidine rings is 2. The number of aryl methyl sites for hydroxylation is 2. The molecule has 0 saturated carbocycles. The molecule has 0 aliphatic carbocycles. The van der Waals surface area contributed by atoms with Crippen molar-refractivity contribution in [3.63, 3.8) is 0 Å². The number of amides is 2. The van der Waals surface area contributed by atoms with Gasteiger partial charge in [0.1, 0.15) is 22.3 Å². The summed E-state index contributed by atoms with van der Waals surface area (Å²) in [6.07, 6.45) is 6.41. The number of benzene rings is 2. The second-order valence-electron chi connectivity index (χ2n) is 14.7. The summed E-state index contributed by atoms with van der Waals surface area (Å²) in [7, 11) is 0. The number of nitrogens with zero attached hydrogens (tertiary/aromatic N) is 8. The molecule has 7 heterocycles. The molecule has 4 saturated heterocycles. The SMILES string of the molecule is Cc1nc(Nc2ncc(C(=O)Nc3c(C)cccc3Cl)s2)cc(N2CCN(CCCC(=O)N3CC4CCC3CN4c3ccc(-n4ccc(=O)[nH]c4=O)cc3)CC2)n1. The van der Waals surface area contributed by atoms with E-state index < -0.39 is 11.2 Å². The highest BCUT2D eigenvalue weighted by atomic mass is 35.5. The zero-order chi connectivity index (χ0) is 39.6. The van der Waals surface area contributed by atoms with E-state index in [-0.39, 0.29) is 23.9 Å². The molecule has 3 N–H and O–H groups in total. The lowest BCUT2D eigenvalue weighted by molar-refractivity contribution is -0.136. The van der Waals surface area contributed by atoms with Crippen LogP contribution in [-0.4, -0.2) is 104 Å². The monoisotopic (exact) mass is 809 g/mol. The van der Waals surface area contributed by atoms with Crippen molar-refractivity contribution in [1.29, 1.82) is 0 Å². The summed E-state index contributed by atoms with van der Waals surface area (Å²) in [5, 5.41) is 7.16. The minimum atomic E-state index is -0.469. The van der Waals surface area contributed by atoms with Crippen molar-refractivity contribution < 1.29 is 9.59 Å². The predicted molar refractivity (Wildman–Crippen MR) is 223 cm³/mol. The first-order chi connectivity index (χ1) is 27.6. The molecule has 3 aromatic heterocycles. The van der Waals surface area contributed by atoms with Crippen LogP contribution in [0.2, 0.25) is 5.02 Å². The molecule has 0 spiro atoms. The molecule has 296 valence electrons. The lowest BCUT2D eigenvalue weighted by atomic mass is 9.89. The number of halogens is 1. The molecule has 5 aromatic rings. The van der Waals surface area contributed by atoms with Crippen LogP contribution in [-0.2, 0) is 4.79 Å². The molecule has 57 heavy (non-hydrogen) atoms. The highest BCUT2D eigenvalue weighted by molar-refractivity contribution is 7.17. The van der Waals surface area contributed by atoms with Crippen LogP contribution in [0.5, 0.6) is 0 Å². The lowest BCUT2D eigenvalue weighted by Gasteiger charge is -2.52. The maximum atomic E-state index is 13.5. The number of fused-ring (bicyclic) bond motifs is 3. The van der Waals surface area contributed by atoms with Gasteiger partial charge in [-0.15, -0.1) is 0 Å². The first-order valence-electron chi connectivity index (χ1n) is 19.2. The largest absolute Gasteiger partial charge is 0.365 e. The zero-order valence-electron chi connectivity index (χ0n) is 31.8. The summed E-state index contributed by atoms with van der Waals surface area (Å²) < 4.78 is 1.41. The van der Waals surface area contributed by atoms with Crippen molar-refractivity contribution in [2.24, 2.45) is 0 Å². The standard InChI is InChI=1S/C40H44ClN11O4S/c1-25-5-3-6-31(41)37(25)47-38(55)32-22-42-39(57-32)45-33-21-34(44-26(2)43-33)49-19-17-48(18-20-49)15-4-7-36(54)52-24-29-12-13-30(52)23-51(29)28-10-8-27(9-11-28)50-16-14-35(53)46-40(50)56/h3,5-6,8-11,14,16,21-22,29-30H,4,7,12-13,15,17-20,23-24H2,1-2H3,(H,47,55)(H,46,53,56)(H,42,43,44,45). The molecule has 17 heteroatoms. The molecular weight excluding hydrogens is 766 g/mol. The topological polar surface area (TPSA) is 165 Å². The quantitative estimate of drug-likeness (QED) is 0.168. The van der Waals surface area contributed by atoms with E-state index in [1.165, 1.54) is 34.4 Å². The van der Waals surface area contributed by atoms with E-state index in [1.54, 1.807) is 6.07 Å². The first kappa shape index (κ1) is 38.3. The van der Waals surface area contributed by atoms with E-state index in [1.807, 2.05) is 56.3 Å². The number of carbonyl (C=O) groups is 2. The minimum Gasteiger partial charge on any atom is -0.365 e. The summed E-state index contributed by atoms with van der Waals surface area (Å²) >= 11 is 7.53. The number of hydrogen-bond acceptors (Lipinski definition) is 12. The maximum absolute atomic E-state index is 13.5. The van der Waals surface area contributed by atoms with E-state index in [0.29, 0.717) is 44.5 Å². The summed E-state index contributed by atoms with van der Waals surface area (Å²) in [5.41, 5.74) is 2.32. The molecule has 4 aliphatic rings. The van der Waals surface area contributed by atoms with E-state index >= 15 is 0 Å². The molecule has 2 aromatic carbocycles. The molecule has 2 amide bonds. The van der Waals surface area contributed by atoms with Gasteiger partial charge in [0.2, 0.25) is 5.91 Å². The van der Waals surface area contributed by atoms with Gasteiger partial charge in [0.25, 0.3) is 11.5 Å². The number of nitrogens with one attached hydrogen (secondary N) is 3. The molecular formula is C40H44ClN11O4S. The number of H-pyrrole nitrogens is 1. The Balaban J connectivity index is 0.789. The number of aromatic nitrogens is 5. The van der Waals surface area contributed by atoms with Crippen LogP contribution in [0.25, 0.3) is 5.69 Å². The second-order valence-corrected chi connectivity index (χ2v) is 16.1. The fourth-order valence-electron chi connectivity index (χ4n) is 7.96. The van der Waals surface area contributed by atoms with Gasteiger partial charge in [0.15, 0.2) is 5.13 Å². The van der Waals surface area contributed by atoms with Gasteiger partial charge in [0.05, 0.1) is 22.6 Å². The second kappa shape index (κ2) is 16.5. The predicted octanol–water partition coefficient (Wildman–Crippen LogP) is 4.82. The highest BCUT2D eigenvalue weighted by Crippen LogP contribution is 2.34. The number of aromatic amines is 1. The number of anilines is 5. The van der Waals surface area contributed by atoms with Crippen molar-refractivity contribution in [2.75, 3.05) is 66.2 Å². The lowest BCUT2D eigenvalue weighted by Crippen LogP contribution is -2.64. The number of piperazine rings is 2. The molecule has 0 radical (unpaired) electrons. The summed E-state index contributed by atoms with van der Waals surface area (Å²) in [6, 6.07) is 16.9. The number of carbonyl (C=O) groups excluding carboxylic acids is 2. The Bertz CT molecular complexity index is 2370. The van der Waals surface area contributed by atoms with Crippen LogP contribution in [0.3, 0.4) is 0 Å². The van der Waals surface area contributed by atoms with Crippen LogP contribution in [0, 0.1) is 13.8 Å². The molecule has 2 unspecified atom stereocenters.